The van der Waals surface area contributed by atoms with Crippen LogP contribution in [-0.4, -0.2) is 9.55 Å². The highest BCUT2D eigenvalue weighted by Gasteiger charge is 2.15. The Kier molecular flexibility index (Phi) is 5.59. The Morgan fingerprint density at radius 1 is 0.718 bits per heavy atom. The molecule has 0 saturated heterocycles. The maximum atomic E-state index is 6.21. The molecule has 0 spiro atoms. The molecule has 0 amide bonds. The van der Waals surface area contributed by atoms with Crippen LogP contribution in [0.25, 0.3) is 61.2 Å². The molecule has 0 aliphatic heterocycles. The predicted octanol–water partition coefficient (Wildman–Crippen LogP) is 10.1. The van der Waals surface area contributed by atoms with Gasteiger partial charge in [0.25, 0.3) is 0 Å². The maximum absolute atomic E-state index is 6.21. The van der Waals surface area contributed by atoms with E-state index in [2.05, 4.69) is 135 Å². The summed E-state index contributed by atoms with van der Waals surface area (Å²) in [7, 11) is 0. The summed E-state index contributed by atoms with van der Waals surface area (Å²) in [5.41, 5.74) is 11.2. The molecule has 3 nitrogen and oxygen atoms in total. The molecular formula is C36H30N2O. The number of fused-ring (bicyclic) bond motifs is 4. The quantitative estimate of drug-likeness (QED) is 0.232. The summed E-state index contributed by atoms with van der Waals surface area (Å²) in [5, 5.41) is 2.55. The van der Waals surface area contributed by atoms with Crippen molar-refractivity contribution < 1.29 is 4.42 Å². The Bertz CT molecular complexity index is 1900. The van der Waals surface area contributed by atoms with Gasteiger partial charge >= 0.3 is 0 Å². The van der Waals surface area contributed by atoms with Gasteiger partial charge in [-0.05, 0) is 84.0 Å². The van der Waals surface area contributed by atoms with Gasteiger partial charge in [0.1, 0.15) is 5.52 Å². The molecule has 0 bridgehead atoms. The van der Waals surface area contributed by atoms with Gasteiger partial charge in [-0.2, -0.15) is 0 Å². The van der Waals surface area contributed by atoms with Gasteiger partial charge < -0.3 is 8.98 Å². The highest BCUT2D eigenvalue weighted by Crippen LogP contribution is 2.34. The molecule has 2 heterocycles. The average Bonchev–Trinajstić information content (AvgIpc) is 3.57. The fraction of sp³-hybridized carbons (Fsp3) is 0.139. The van der Waals surface area contributed by atoms with E-state index >= 15 is 0 Å². The SMILES string of the molecule is CCC(C)c1cc(C)c2oc(-c3ccc(-c4ccc(-n5c6ccccc6c6ccccc65)cc4)cc3)nc2c1. The lowest BCUT2D eigenvalue weighted by Gasteiger charge is -2.09. The first-order valence-corrected chi connectivity index (χ1v) is 13.7. The van der Waals surface area contributed by atoms with Gasteiger partial charge in [-0.1, -0.05) is 80.6 Å². The number of aromatic nitrogens is 2. The lowest BCUT2D eigenvalue weighted by Crippen LogP contribution is -1.93. The summed E-state index contributed by atoms with van der Waals surface area (Å²) >= 11 is 0. The molecule has 0 aliphatic carbocycles. The van der Waals surface area contributed by atoms with Crippen LogP contribution in [-0.2, 0) is 0 Å². The van der Waals surface area contributed by atoms with Gasteiger partial charge in [-0.25, -0.2) is 4.98 Å². The number of hydrogen-bond donors (Lipinski definition) is 0. The molecule has 39 heavy (non-hydrogen) atoms. The van der Waals surface area contributed by atoms with Gasteiger partial charge in [0.05, 0.1) is 11.0 Å². The zero-order valence-corrected chi connectivity index (χ0v) is 22.5. The Morgan fingerprint density at radius 2 is 1.28 bits per heavy atom. The second-order valence-corrected chi connectivity index (χ2v) is 10.5. The molecule has 1 unspecified atom stereocenters. The van der Waals surface area contributed by atoms with E-state index in [4.69, 9.17) is 9.40 Å². The smallest absolute Gasteiger partial charge is 0.227 e. The van der Waals surface area contributed by atoms with Crippen molar-refractivity contribution in [3.63, 3.8) is 0 Å². The summed E-state index contributed by atoms with van der Waals surface area (Å²) < 4.78 is 8.56. The van der Waals surface area contributed by atoms with Crippen molar-refractivity contribution in [1.29, 1.82) is 0 Å². The first-order chi connectivity index (χ1) is 19.1. The molecule has 0 saturated carbocycles. The first-order valence-electron chi connectivity index (χ1n) is 13.7. The lowest BCUT2D eigenvalue weighted by atomic mass is 9.96. The van der Waals surface area contributed by atoms with Crippen LogP contribution < -0.4 is 0 Å². The van der Waals surface area contributed by atoms with E-state index in [9.17, 15) is 0 Å². The van der Waals surface area contributed by atoms with Crippen LogP contribution in [0.4, 0.5) is 0 Å². The Morgan fingerprint density at radius 3 is 1.90 bits per heavy atom. The average molecular weight is 507 g/mol. The van der Waals surface area contributed by atoms with E-state index in [1.807, 2.05) is 0 Å². The largest absolute Gasteiger partial charge is 0.436 e. The van der Waals surface area contributed by atoms with Crippen molar-refractivity contribution >= 4 is 32.9 Å². The van der Waals surface area contributed by atoms with Crippen molar-refractivity contribution in [2.45, 2.75) is 33.1 Å². The Balaban J connectivity index is 1.21. The second-order valence-electron chi connectivity index (χ2n) is 10.5. The number of oxazole rings is 1. The Labute approximate surface area is 228 Å². The van der Waals surface area contributed by atoms with Crippen LogP contribution in [0.3, 0.4) is 0 Å². The standard InChI is InChI=1S/C36H30N2O/c1-4-23(2)28-21-24(3)35-32(22-28)37-36(39-35)27-15-13-25(14-16-27)26-17-19-29(20-18-26)38-33-11-7-5-9-30(33)31-10-6-8-12-34(31)38/h5-23H,4H2,1-3H3. The molecule has 0 fully saturated rings. The minimum absolute atomic E-state index is 0.508. The van der Waals surface area contributed by atoms with E-state index in [1.54, 1.807) is 0 Å². The number of aryl methyl sites for hydroxylation is 1. The molecule has 0 aliphatic rings. The molecule has 5 aromatic carbocycles. The van der Waals surface area contributed by atoms with E-state index < -0.39 is 0 Å². The van der Waals surface area contributed by atoms with Gasteiger partial charge in [0, 0.05) is 22.0 Å². The number of rotatable bonds is 5. The molecule has 2 aromatic heterocycles. The van der Waals surface area contributed by atoms with Crippen LogP contribution in [0.2, 0.25) is 0 Å². The first kappa shape index (κ1) is 23.5. The fourth-order valence-electron chi connectivity index (χ4n) is 5.68. The third-order valence-electron chi connectivity index (χ3n) is 8.05. The normalized spacial score (nSPS) is 12.5. The van der Waals surface area contributed by atoms with Gasteiger partial charge in [0.2, 0.25) is 5.89 Å². The lowest BCUT2D eigenvalue weighted by molar-refractivity contribution is 0.617. The molecule has 7 rings (SSSR count). The van der Waals surface area contributed by atoms with Crippen molar-refractivity contribution in [3.8, 4) is 28.3 Å². The van der Waals surface area contributed by atoms with E-state index in [-0.39, 0.29) is 0 Å². The highest BCUT2D eigenvalue weighted by molar-refractivity contribution is 6.09. The van der Waals surface area contributed by atoms with Crippen LogP contribution in [0.1, 0.15) is 37.3 Å². The molecule has 7 aromatic rings. The molecule has 0 radical (unpaired) electrons. The van der Waals surface area contributed by atoms with Crippen LogP contribution >= 0.6 is 0 Å². The topological polar surface area (TPSA) is 31.0 Å². The van der Waals surface area contributed by atoms with Crippen molar-refractivity contribution in [2.75, 3.05) is 0 Å². The van der Waals surface area contributed by atoms with Crippen LogP contribution in [0, 0.1) is 6.92 Å². The number of nitrogens with zero attached hydrogens (tertiary/aromatic N) is 2. The minimum atomic E-state index is 0.508. The van der Waals surface area contributed by atoms with E-state index in [0.29, 0.717) is 11.8 Å². The fourth-order valence-corrected chi connectivity index (χ4v) is 5.68. The number of benzene rings is 5. The molecule has 1 atom stereocenters. The van der Waals surface area contributed by atoms with Gasteiger partial charge in [-0.3, -0.25) is 0 Å². The summed E-state index contributed by atoms with van der Waals surface area (Å²) in [6.07, 6.45) is 1.11. The molecule has 3 heteroatoms. The summed E-state index contributed by atoms with van der Waals surface area (Å²) in [6.45, 7) is 6.59. The van der Waals surface area contributed by atoms with Gasteiger partial charge in [0.15, 0.2) is 5.58 Å². The van der Waals surface area contributed by atoms with Crippen LogP contribution in [0.5, 0.6) is 0 Å². The minimum Gasteiger partial charge on any atom is -0.436 e. The zero-order chi connectivity index (χ0) is 26.5. The van der Waals surface area contributed by atoms with Crippen LogP contribution in [0.15, 0.2) is 114 Å². The zero-order valence-electron chi connectivity index (χ0n) is 22.5. The van der Waals surface area contributed by atoms with Gasteiger partial charge in [-0.15, -0.1) is 0 Å². The predicted molar refractivity (Wildman–Crippen MR) is 163 cm³/mol. The van der Waals surface area contributed by atoms with Crippen molar-refractivity contribution in [3.05, 3.63) is 120 Å². The van der Waals surface area contributed by atoms with E-state index in [1.165, 1.54) is 38.5 Å². The van der Waals surface area contributed by atoms with Crippen molar-refractivity contribution in [2.24, 2.45) is 0 Å². The highest BCUT2D eigenvalue weighted by atomic mass is 16.3. The Hall–Kier alpha value is -4.63. The monoisotopic (exact) mass is 506 g/mol. The molecular weight excluding hydrogens is 476 g/mol. The maximum Gasteiger partial charge on any atom is 0.227 e. The van der Waals surface area contributed by atoms with E-state index in [0.717, 1.165) is 34.3 Å². The summed E-state index contributed by atoms with van der Waals surface area (Å²) in [4.78, 5) is 4.84. The third-order valence-corrected chi connectivity index (χ3v) is 8.05. The summed E-state index contributed by atoms with van der Waals surface area (Å²) in [6, 6.07) is 39.0. The molecule has 190 valence electrons. The summed E-state index contributed by atoms with van der Waals surface area (Å²) in [5.74, 6) is 1.18. The van der Waals surface area contributed by atoms with Crippen molar-refractivity contribution in [1.82, 2.24) is 9.55 Å². The number of para-hydroxylation sites is 2. The third kappa shape index (κ3) is 3.93. The second kappa shape index (κ2) is 9.28. The number of hydrogen-bond acceptors (Lipinski definition) is 2. The molecule has 0 N–H and O–H groups in total.